The summed E-state index contributed by atoms with van der Waals surface area (Å²) >= 11 is 0. The lowest BCUT2D eigenvalue weighted by Gasteiger charge is -2.09. The molecule has 0 aromatic heterocycles. The van der Waals surface area contributed by atoms with Gasteiger partial charge in [0.1, 0.15) is 5.75 Å². The molecule has 0 radical (unpaired) electrons. The normalized spacial score (nSPS) is 9.89. The highest BCUT2D eigenvalue weighted by Crippen LogP contribution is 2.24. The molecule has 92 valence electrons. The van der Waals surface area contributed by atoms with Crippen LogP contribution in [-0.4, -0.2) is 17.4 Å². The zero-order valence-electron chi connectivity index (χ0n) is 8.58. The molecule has 0 aliphatic heterocycles. The largest absolute Gasteiger partial charge is 0.573 e. The van der Waals surface area contributed by atoms with Crippen molar-refractivity contribution in [2.24, 2.45) is 0 Å². The van der Waals surface area contributed by atoms with Crippen LogP contribution in [0.25, 0.3) is 0 Å². The zero-order chi connectivity index (χ0) is 13.8. The maximum Gasteiger partial charge on any atom is 0.573 e. The third kappa shape index (κ3) is 4.06. The summed E-state index contributed by atoms with van der Waals surface area (Å²) in [5.41, 5.74) is -0.477. The van der Waals surface area contributed by atoms with E-state index in [-0.39, 0.29) is 5.56 Å². The van der Waals surface area contributed by atoms with Crippen molar-refractivity contribution >= 4 is 5.97 Å². The molecule has 4 nitrogen and oxygen atoms in total. The van der Waals surface area contributed by atoms with Gasteiger partial charge in [-0.1, -0.05) is 5.92 Å². The molecule has 7 heteroatoms. The molecule has 0 spiro atoms. The van der Waals surface area contributed by atoms with Crippen molar-refractivity contribution in [2.45, 2.75) is 6.36 Å². The number of alkyl halides is 3. The maximum absolute atomic E-state index is 12.0. The third-order valence-electron chi connectivity index (χ3n) is 1.65. The van der Waals surface area contributed by atoms with Gasteiger partial charge in [-0.3, -0.25) is 0 Å². The van der Waals surface area contributed by atoms with Gasteiger partial charge in [0, 0.05) is 11.5 Å². The van der Waals surface area contributed by atoms with Crippen LogP contribution in [0.15, 0.2) is 18.2 Å². The Bertz CT molecular complexity index is 576. The van der Waals surface area contributed by atoms with E-state index in [1.807, 2.05) is 5.92 Å². The van der Waals surface area contributed by atoms with E-state index in [1.165, 1.54) is 6.07 Å². The molecule has 0 saturated heterocycles. The molecular formula is C11H4F3NO3. The van der Waals surface area contributed by atoms with E-state index in [0.29, 0.717) is 6.07 Å². The molecule has 0 aliphatic carbocycles. The Hall–Kier alpha value is -2.67. The fraction of sp³-hybridized carbons (Fsp3) is 0.0909. The predicted octanol–water partition coefficient (Wildman–Crippen LogP) is 2.16. The van der Waals surface area contributed by atoms with Crippen LogP contribution in [-0.2, 0) is 0 Å². The van der Waals surface area contributed by atoms with Crippen LogP contribution < -0.4 is 4.74 Å². The predicted molar refractivity (Wildman–Crippen MR) is 52.6 cm³/mol. The van der Waals surface area contributed by atoms with Crippen molar-refractivity contribution in [1.29, 1.82) is 5.26 Å². The number of hydrogen-bond donors (Lipinski definition) is 1. The summed E-state index contributed by atoms with van der Waals surface area (Å²) in [6.07, 6.45) is -4.93. The highest BCUT2D eigenvalue weighted by molar-refractivity contribution is 5.88. The number of ether oxygens (including phenoxy) is 1. The van der Waals surface area contributed by atoms with Crippen molar-refractivity contribution in [3.8, 4) is 23.7 Å². The van der Waals surface area contributed by atoms with E-state index >= 15 is 0 Å². The van der Waals surface area contributed by atoms with E-state index in [0.717, 1.165) is 12.1 Å². The van der Waals surface area contributed by atoms with Gasteiger partial charge in [0.05, 0.1) is 5.56 Å². The molecule has 0 bridgehead atoms. The van der Waals surface area contributed by atoms with Crippen molar-refractivity contribution in [3.63, 3.8) is 0 Å². The van der Waals surface area contributed by atoms with Gasteiger partial charge in [-0.15, -0.1) is 13.2 Å². The fourth-order valence-corrected chi connectivity index (χ4v) is 1.09. The maximum atomic E-state index is 12.0. The minimum absolute atomic E-state index is 0.0595. The van der Waals surface area contributed by atoms with E-state index in [2.05, 4.69) is 10.7 Å². The van der Waals surface area contributed by atoms with Gasteiger partial charge in [-0.05, 0) is 18.2 Å². The number of nitriles is 1. The Morgan fingerprint density at radius 2 is 2.00 bits per heavy atom. The molecule has 1 N–H and O–H groups in total. The van der Waals surface area contributed by atoms with E-state index in [9.17, 15) is 18.0 Å². The third-order valence-corrected chi connectivity index (χ3v) is 1.65. The number of carboxylic acids is 1. The number of benzene rings is 1. The van der Waals surface area contributed by atoms with Crippen molar-refractivity contribution in [2.75, 3.05) is 0 Å². The van der Waals surface area contributed by atoms with Gasteiger partial charge >= 0.3 is 12.3 Å². The number of aromatic carboxylic acids is 1. The Morgan fingerprint density at radius 1 is 1.33 bits per heavy atom. The molecule has 1 rings (SSSR count). The molecule has 0 heterocycles. The Morgan fingerprint density at radius 3 is 2.50 bits per heavy atom. The summed E-state index contributed by atoms with van der Waals surface area (Å²) < 4.78 is 39.6. The van der Waals surface area contributed by atoms with Crippen LogP contribution in [0.1, 0.15) is 15.9 Å². The quantitative estimate of drug-likeness (QED) is 0.822. The lowest BCUT2D eigenvalue weighted by atomic mass is 10.1. The lowest BCUT2D eigenvalue weighted by Crippen LogP contribution is -2.17. The highest BCUT2D eigenvalue weighted by atomic mass is 19.4. The molecular weight excluding hydrogens is 251 g/mol. The molecule has 0 unspecified atom stereocenters. The molecule has 0 saturated carbocycles. The van der Waals surface area contributed by atoms with Crippen LogP contribution in [0.3, 0.4) is 0 Å². The van der Waals surface area contributed by atoms with Crippen molar-refractivity contribution in [1.82, 2.24) is 0 Å². The SMILES string of the molecule is N#CC#Cc1cc(OC(F)(F)F)cc(C(=O)O)c1. The van der Waals surface area contributed by atoms with Crippen LogP contribution in [0, 0.1) is 23.2 Å². The molecule has 0 fully saturated rings. The molecule has 0 atom stereocenters. The second-order valence-corrected chi connectivity index (χ2v) is 2.96. The summed E-state index contributed by atoms with van der Waals surface area (Å²) in [4.78, 5) is 10.7. The monoisotopic (exact) mass is 255 g/mol. The fourth-order valence-electron chi connectivity index (χ4n) is 1.09. The molecule has 18 heavy (non-hydrogen) atoms. The Kier molecular flexibility index (Phi) is 3.80. The summed E-state index contributed by atoms with van der Waals surface area (Å²) in [7, 11) is 0. The number of carboxylic acid groups (broad SMARTS) is 1. The number of rotatable bonds is 2. The van der Waals surface area contributed by atoms with Crippen molar-refractivity contribution in [3.05, 3.63) is 29.3 Å². The average molecular weight is 255 g/mol. The number of carbonyl (C=O) groups is 1. The van der Waals surface area contributed by atoms with Crippen molar-refractivity contribution < 1.29 is 27.8 Å². The topological polar surface area (TPSA) is 70.3 Å². The summed E-state index contributed by atoms with van der Waals surface area (Å²) in [5, 5.41) is 16.9. The first-order valence-electron chi connectivity index (χ1n) is 4.36. The zero-order valence-corrected chi connectivity index (χ0v) is 8.58. The first kappa shape index (κ1) is 13.4. The van der Waals surface area contributed by atoms with E-state index in [1.54, 1.807) is 0 Å². The van der Waals surface area contributed by atoms with Crippen LogP contribution in [0.4, 0.5) is 13.2 Å². The van der Waals surface area contributed by atoms with Gasteiger partial charge < -0.3 is 9.84 Å². The number of halogens is 3. The van der Waals surface area contributed by atoms with E-state index < -0.39 is 23.6 Å². The first-order chi connectivity index (χ1) is 8.31. The second-order valence-electron chi connectivity index (χ2n) is 2.96. The summed E-state index contributed by atoms with van der Waals surface area (Å²) in [6.45, 7) is 0. The Balaban J connectivity index is 3.23. The molecule has 1 aromatic rings. The molecule has 0 aliphatic rings. The highest BCUT2D eigenvalue weighted by Gasteiger charge is 2.31. The summed E-state index contributed by atoms with van der Waals surface area (Å²) in [6, 6.07) is 4.11. The van der Waals surface area contributed by atoms with Gasteiger partial charge in [0.15, 0.2) is 6.07 Å². The van der Waals surface area contributed by atoms with Gasteiger partial charge in [-0.25, -0.2) is 4.79 Å². The lowest BCUT2D eigenvalue weighted by molar-refractivity contribution is -0.274. The second kappa shape index (κ2) is 5.11. The Labute approximate surface area is 99.2 Å². The summed E-state index contributed by atoms with van der Waals surface area (Å²) in [5.74, 6) is 2.01. The van der Waals surface area contributed by atoms with Gasteiger partial charge in [0.2, 0.25) is 0 Å². The number of hydrogen-bond acceptors (Lipinski definition) is 3. The van der Waals surface area contributed by atoms with Crippen LogP contribution in [0.2, 0.25) is 0 Å². The number of nitrogens with zero attached hydrogens (tertiary/aromatic N) is 1. The average Bonchev–Trinajstić information content (AvgIpc) is 2.23. The standard InChI is InChI=1S/C11H4F3NO3/c12-11(13,14)18-9-5-7(2-1-3-15)4-8(6-9)10(16)17/h4-6H,(H,16,17). The smallest absolute Gasteiger partial charge is 0.478 e. The van der Waals surface area contributed by atoms with E-state index in [4.69, 9.17) is 10.4 Å². The first-order valence-corrected chi connectivity index (χ1v) is 4.36. The van der Waals surface area contributed by atoms with Crippen LogP contribution in [0.5, 0.6) is 5.75 Å². The van der Waals surface area contributed by atoms with Gasteiger partial charge in [-0.2, -0.15) is 5.26 Å². The molecule has 1 aromatic carbocycles. The minimum Gasteiger partial charge on any atom is -0.478 e. The minimum atomic E-state index is -4.93. The molecule has 0 amide bonds. The van der Waals surface area contributed by atoms with Crippen LogP contribution >= 0.6 is 0 Å². The van der Waals surface area contributed by atoms with Gasteiger partial charge in [0.25, 0.3) is 0 Å².